The highest BCUT2D eigenvalue weighted by Gasteiger charge is 2.44. The van der Waals surface area contributed by atoms with Crippen molar-refractivity contribution in [2.24, 2.45) is 29.6 Å². The fourth-order valence-electron chi connectivity index (χ4n) is 4.25. The van der Waals surface area contributed by atoms with Crippen molar-refractivity contribution >= 4 is 0 Å². The zero-order valence-corrected chi connectivity index (χ0v) is 15.2. The van der Waals surface area contributed by atoms with Gasteiger partial charge in [0.1, 0.15) is 0 Å². The molecule has 2 rings (SSSR count). The summed E-state index contributed by atoms with van der Waals surface area (Å²) in [6, 6.07) is 1.72. The molecule has 124 valence electrons. The summed E-state index contributed by atoms with van der Waals surface area (Å²) in [6.07, 6.45) is 11.4. The average Bonchev–Trinajstić information content (AvgIpc) is 3.21. The van der Waals surface area contributed by atoms with Crippen LogP contribution in [0.2, 0.25) is 0 Å². The van der Waals surface area contributed by atoms with E-state index in [0.717, 1.165) is 41.7 Å². The summed E-state index contributed by atoms with van der Waals surface area (Å²) in [5, 5.41) is 3.97. The number of rotatable bonds is 10. The molecule has 5 unspecified atom stereocenters. The number of nitrogens with one attached hydrogen (secondary N) is 1. The van der Waals surface area contributed by atoms with E-state index in [-0.39, 0.29) is 0 Å². The van der Waals surface area contributed by atoms with Crippen LogP contribution in [0.3, 0.4) is 0 Å². The molecular formula is C20H39N. The van der Waals surface area contributed by atoms with Crippen LogP contribution in [0.4, 0.5) is 0 Å². The minimum Gasteiger partial charge on any atom is -0.311 e. The third kappa shape index (κ3) is 4.71. The molecule has 0 saturated heterocycles. The van der Waals surface area contributed by atoms with Gasteiger partial charge in [0.05, 0.1) is 0 Å². The van der Waals surface area contributed by atoms with Crippen LogP contribution < -0.4 is 5.32 Å². The smallest absolute Gasteiger partial charge is 0.0104 e. The molecule has 2 aliphatic carbocycles. The first kappa shape index (κ1) is 17.3. The maximum absolute atomic E-state index is 3.97. The molecule has 0 heterocycles. The van der Waals surface area contributed by atoms with Crippen LogP contribution in [0.25, 0.3) is 0 Å². The first-order valence-electron chi connectivity index (χ1n) is 9.84. The van der Waals surface area contributed by atoms with Gasteiger partial charge in [-0.15, -0.1) is 0 Å². The first-order valence-corrected chi connectivity index (χ1v) is 9.84. The molecule has 0 bridgehead atoms. The highest BCUT2D eigenvalue weighted by Crippen LogP contribution is 2.44. The molecule has 0 aromatic rings. The Morgan fingerprint density at radius 2 is 1.62 bits per heavy atom. The quantitative estimate of drug-likeness (QED) is 0.549. The maximum Gasteiger partial charge on any atom is 0.0104 e. The summed E-state index contributed by atoms with van der Waals surface area (Å²) in [5.41, 5.74) is 0. The van der Waals surface area contributed by atoms with Crippen molar-refractivity contribution in [1.29, 1.82) is 0 Å². The van der Waals surface area contributed by atoms with Crippen LogP contribution in [0.5, 0.6) is 0 Å². The summed E-state index contributed by atoms with van der Waals surface area (Å²) in [4.78, 5) is 0. The van der Waals surface area contributed by atoms with E-state index in [4.69, 9.17) is 0 Å². The van der Waals surface area contributed by atoms with Gasteiger partial charge in [-0.25, -0.2) is 0 Å². The molecule has 0 spiro atoms. The van der Waals surface area contributed by atoms with Crippen molar-refractivity contribution < 1.29 is 0 Å². The van der Waals surface area contributed by atoms with E-state index >= 15 is 0 Å². The van der Waals surface area contributed by atoms with Crippen molar-refractivity contribution in [2.45, 2.75) is 98.1 Å². The fraction of sp³-hybridized carbons (Fsp3) is 1.00. The normalized spacial score (nSPS) is 35.9. The van der Waals surface area contributed by atoms with Crippen LogP contribution in [-0.4, -0.2) is 12.1 Å². The van der Waals surface area contributed by atoms with Gasteiger partial charge in [-0.2, -0.15) is 0 Å². The number of hydrogen-bond donors (Lipinski definition) is 1. The zero-order chi connectivity index (χ0) is 15.4. The molecule has 2 saturated carbocycles. The van der Waals surface area contributed by atoms with Gasteiger partial charge in [0.25, 0.3) is 0 Å². The van der Waals surface area contributed by atoms with Crippen molar-refractivity contribution in [1.82, 2.24) is 5.32 Å². The molecule has 0 amide bonds. The van der Waals surface area contributed by atoms with E-state index in [1.807, 2.05) is 0 Å². The van der Waals surface area contributed by atoms with Crippen LogP contribution in [0, 0.1) is 29.6 Å². The van der Waals surface area contributed by atoms with E-state index in [2.05, 4.69) is 39.9 Å². The van der Waals surface area contributed by atoms with Crippen LogP contribution in [0.15, 0.2) is 0 Å². The van der Waals surface area contributed by atoms with Crippen LogP contribution in [-0.2, 0) is 0 Å². The summed E-state index contributed by atoms with van der Waals surface area (Å²) in [7, 11) is 0. The first-order chi connectivity index (χ1) is 10.1. The number of hydrogen-bond acceptors (Lipinski definition) is 1. The molecule has 0 aromatic heterocycles. The Bertz CT molecular complexity index is 294. The zero-order valence-electron chi connectivity index (χ0n) is 15.2. The lowest BCUT2D eigenvalue weighted by molar-refractivity contribution is 0.152. The molecule has 0 radical (unpaired) electrons. The van der Waals surface area contributed by atoms with Crippen molar-refractivity contribution in [2.75, 3.05) is 0 Å². The van der Waals surface area contributed by atoms with Gasteiger partial charge in [0, 0.05) is 12.1 Å². The second-order valence-corrected chi connectivity index (χ2v) is 8.25. The average molecular weight is 294 g/mol. The van der Waals surface area contributed by atoms with E-state index < -0.39 is 0 Å². The van der Waals surface area contributed by atoms with Crippen molar-refractivity contribution in [3.63, 3.8) is 0 Å². The van der Waals surface area contributed by atoms with Crippen LogP contribution in [0.1, 0.15) is 86.0 Å². The molecular weight excluding hydrogens is 254 g/mol. The summed E-state index contributed by atoms with van der Waals surface area (Å²) >= 11 is 0. The van der Waals surface area contributed by atoms with Crippen LogP contribution >= 0.6 is 0 Å². The second-order valence-electron chi connectivity index (χ2n) is 8.25. The molecule has 1 N–H and O–H groups in total. The van der Waals surface area contributed by atoms with Gasteiger partial charge in [0.15, 0.2) is 0 Å². The Balaban J connectivity index is 1.63. The molecule has 0 aromatic carbocycles. The molecule has 1 heteroatoms. The summed E-state index contributed by atoms with van der Waals surface area (Å²) in [6.45, 7) is 11.9. The Labute approximate surface area is 133 Å². The van der Waals surface area contributed by atoms with Gasteiger partial charge in [-0.05, 0) is 55.3 Å². The molecule has 2 fully saturated rings. The monoisotopic (exact) mass is 293 g/mol. The lowest BCUT2D eigenvalue weighted by Crippen LogP contribution is -2.45. The van der Waals surface area contributed by atoms with E-state index in [9.17, 15) is 0 Å². The van der Waals surface area contributed by atoms with Gasteiger partial charge in [-0.1, -0.05) is 60.3 Å². The predicted octanol–water partition coefficient (Wildman–Crippen LogP) is 5.64. The lowest BCUT2D eigenvalue weighted by atomic mass is 9.72. The summed E-state index contributed by atoms with van der Waals surface area (Å²) < 4.78 is 0. The third-order valence-corrected chi connectivity index (χ3v) is 6.77. The topological polar surface area (TPSA) is 12.0 Å². The molecule has 21 heavy (non-hydrogen) atoms. The van der Waals surface area contributed by atoms with Crippen molar-refractivity contribution in [3.8, 4) is 0 Å². The Morgan fingerprint density at radius 3 is 2.19 bits per heavy atom. The minimum atomic E-state index is 0.853. The SMILES string of the molecule is CCC(C)CCC(CC)C1CC1NC1CC(C(C)CC)C1. The van der Waals surface area contributed by atoms with E-state index in [0.29, 0.717) is 0 Å². The molecule has 1 nitrogen and oxygen atoms in total. The van der Waals surface area contributed by atoms with Gasteiger partial charge in [0.2, 0.25) is 0 Å². The van der Waals surface area contributed by atoms with Gasteiger partial charge in [-0.3, -0.25) is 0 Å². The van der Waals surface area contributed by atoms with E-state index in [1.54, 1.807) is 0 Å². The highest BCUT2D eigenvalue weighted by atomic mass is 15.0. The Kier molecular flexibility index (Phi) is 6.59. The minimum absolute atomic E-state index is 0.853. The molecule has 0 aliphatic heterocycles. The van der Waals surface area contributed by atoms with Gasteiger partial charge < -0.3 is 5.32 Å². The van der Waals surface area contributed by atoms with E-state index in [1.165, 1.54) is 51.4 Å². The van der Waals surface area contributed by atoms with Crippen molar-refractivity contribution in [3.05, 3.63) is 0 Å². The third-order valence-electron chi connectivity index (χ3n) is 6.77. The molecule has 2 aliphatic rings. The standard InChI is InChI=1S/C20H39N/c1-6-14(4)9-10-16(8-3)19-13-20(19)21-18-11-17(12-18)15(5)7-2/h14-21H,6-13H2,1-5H3. The Hall–Kier alpha value is -0.0400. The second kappa shape index (κ2) is 7.99. The Morgan fingerprint density at radius 1 is 0.905 bits per heavy atom. The largest absolute Gasteiger partial charge is 0.311 e. The lowest BCUT2D eigenvalue weighted by Gasteiger charge is -2.40. The molecule has 5 atom stereocenters. The predicted molar refractivity (Wildman–Crippen MR) is 93.5 cm³/mol. The fourth-order valence-corrected chi connectivity index (χ4v) is 4.25. The summed E-state index contributed by atoms with van der Waals surface area (Å²) in [5.74, 6) is 4.87. The maximum atomic E-state index is 3.97. The highest BCUT2D eigenvalue weighted by molar-refractivity contribution is 5.01. The van der Waals surface area contributed by atoms with Gasteiger partial charge >= 0.3 is 0 Å².